The number of carbonyl (C=O) groups excluding carboxylic acids is 1. The van der Waals surface area contributed by atoms with Crippen molar-refractivity contribution in [1.82, 2.24) is 0 Å². The molecule has 0 amide bonds. The van der Waals surface area contributed by atoms with E-state index in [1.54, 1.807) is 0 Å². The Balaban J connectivity index is 0.964. The lowest BCUT2D eigenvalue weighted by molar-refractivity contribution is -0.401. The zero-order chi connectivity index (χ0) is 56.7. The Hall–Kier alpha value is -1.53. The molecule has 1 unspecified atom stereocenters. The fourth-order valence-electron chi connectivity index (χ4n) is 15.6. The molecule has 0 aromatic rings. The molecule has 27 heteroatoms. The van der Waals surface area contributed by atoms with Crippen LogP contribution in [-0.4, -0.2) is 273 Å². The van der Waals surface area contributed by atoms with Crippen LogP contribution in [0.5, 0.6) is 0 Å². The van der Waals surface area contributed by atoms with Crippen LogP contribution in [-0.2, 0) is 52.2 Å². The Morgan fingerprint density at radius 1 is 0.500 bits per heavy atom. The monoisotopic (exact) mass is 1130 g/mol. The molecule has 32 atom stereocenters. The van der Waals surface area contributed by atoms with E-state index < -0.39 is 202 Å². The Labute approximate surface area is 450 Å². The molecule has 5 heterocycles. The first-order chi connectivity index (χ1) is 36.8. The number of ether oxygens (including phenoxy) is 10. The molecule has 9 fully saturated rings. The van der Waals surface area contributed by atoms with Crippen LogP contribution >= 0.6 is 0 Å². The molecule has 0 aromatic heterocycles. The van der Waals surface area contributed by atoms with E-state index in [9.17, 15) is 86.5 Å². The van der Waals surface area contributed by atoms with Crippen molar-refractivity contribution in [1.29, 1.82) is 0 Å². The van der Waals surface area contributed by atoms with Gasteiger partial charge in [0, 0.05) is 6.61 Å². The number of hydrogen-bond acceptors (Lipinski definition) is 27. The van der Waals surface area contributed by atoms with E-state index in [4.69, 9.17) is 47.4 Å². The van der Waals surface area contributed by atoms with Gasteiger partial charge in [0.15, 0.2) is 31.3 Å². The van der Waals surface area contributed by atoms with Crippen LogP contribution in [0.3, 0.4) is 0 Å². The van der Waals surface area contributed by atoms with Crippen LogP contribution < -0.4 is 0 Å². The van der Waals surface area contributed by atoms with Gasteiger partial charge in [-0.1, -0.05) is 20.3 Å². The second-order valence-corrected chi connectivity index (χ2v) is 24.3. The van der Waals surface area contributed by atoms with Crippen molar-refractivity contribution < 1.29 is 134 Å². The van der Waals surface area contributed by atoms with E-state index in [0.717, 1.165) is 6.42 Å². The molecule has 0 radical (unpaired) electrons. The lowest BCUT2D eigenvalue weighted by Crippen LogP contribution is -2.67. The first kappa shape index (κ1) is 61.0. The number of fused-ring (bicyclic) bond motifs is 3. The summed E-state index contributed by atoms with van der Waals surface area (Å²) in [5, 5.41) is 171. The quantitative estimate of drug-likeness (QED) is 0.0536. The molecule has 4 aliphatic carbocycles. The number of aliphatic hydroxyl groups excluding tert-OH is 16. The maximum atomic E-state index is 14.9. The third-order valence-corrected chi connectivity index (χ3v) is 19.8. The fraction of sp³-hybridized carbons (Fsp3) is 0.980. The zero-order valence-corrected chi connectivity index (χ0v) is 44.2. The van der Waals surface area contributed by atoms with Gasteiger partial charge < -0.3 is 129 Å². The number of hydrogen-bond donors (Lipinski definition) is 16. The van der Waals surface area contributed by atoms with E-state index in [-0.39, 0.29) is 29.6 Å². The van der Waals surface area contributed by atoms with E-state index in [0.29, 0.717) is 51.4 Å². The Kier molecular flexibility index (Phi) is 18.4. The largest absolute Gasteiger partial charge is 0.432 e. The summed E-state index contributed by atoms with van der Waals surface area (Å²) in [6.07, 6.45) is -36.7. The van der Waals surface area contributed by atoms with Crippen LogP contribution in [0.2, 0.25) is 0 Å². The summed E-state index contributed by atoms with van der Waals surface area (Å²) in [5.41, 5.74) is -2.99. The Morgan fingerprint density at radius 3 is 1.62 bits per heavy atom. The highest BCUT2D eigenvalue weighted by atomic mass is 16.8. The van der Waals surface area contributed by atoms with Crippen molar-refractivity contribution >= 4 is 5.97 Å². The Bertz CT molecular complexity index is 2030. The van der Waals surface area contributed by atoms with Crippen LogP contribution in [0, 0.1) is 34.0 Å². The molecule has 450 valence electrons. The predicted octanol–water partition coefficient (Wildman–Crippen LogP) is -5.79. The third kappa shape index (κ3) is 10.5. The van der Waals surface area contributed by atoms with Crippen molar-refractivity contribution in [3.8, 4) is 0 Å². The van der Waals surface area contributed by atoms with E-state index >= 15 is 0 Å². The molecule has 9 aliphatic rings. The molecular formula is C51H84O27. The highest BCUT2D eigenvalue weighted by molar-refractivity contribution is 5.77. The SMILES string of the molecule is CC1C[C@@]23CC[C@H]4[C@@](C)(CCC[C@@]4(C)C(=O)O[C@@H]4O[C@H](CO)[C@@H](O)[C@H](O)[C@H]4O[C@@H]4O[C@H](CO)[C@@H](O)[C@H](O)[C@H]4O)[C@@H]2CC[C@]1(O[C@@H]1O[C@H](CO)[C@@H](O)[C@H](O[C@@H]2O[C@H](CCO)[C@@H](O)[C@H](O)[C@H]2O)[C@H]1O[C@@H]1O[C@@H](C)[C@H](O)[C@@H](O)[C@H]1O)C3. The third-order valence-electron chi connectivity index (χ3n) is 19.8. The molecule has 16 N–H and O–H groups in total. The van der Waals surface area contributed by atoms with Crippen LogP contribution in [0.1, 0.15) is 91.9 Å². The normalized spacial score (nSPS) is 55.4. The van der Waals surface area contributed by atoms with Gasteiger partial charge in [0.25, 0.3) is 0 Å². The lowest BCUT2D eigenvalue weighted by Gasteiger charge is -2.64. The molecule has 78 heavy (non-hydrogen) atoms. The van der Waals surface area contributed by atoms with Gasteiger partial charge >= 0.3 is 5.97 Å². The van der Waals surface area contributed by atoms with Crippen molar-refractivity contribution in [3.63, 3.8) is 0 Å². The summed E-state index contributed by atoms with van der Waals surface area (Å²) in [5.74, 6) is -1.15. The topological polar surface area (TPSA) is 433 Å². The summed E-state index contributed by atoms with van der Waals surface area (Å²) >= 11 is 0. The first-order valence-electron chi connectivity index (χ1n) is 27.6. The van der Waals surface area contributed by atoms with E-state index in [2.05, 4.69) is 6.92 Å². The number of esters is 1. The summed E-state index contributed by atoms with van der Waals surface area (Å²) < 4.78 is 61.2. The van der Waals surface area contributed by atoms with Crippen molar-refractivity contribution in [2.45, 2.75) is 251 Å². The predicted molar refractivity (Wildman–Crippen MR) is 255 cm³/mol. The second-order valence-electron chi connectivity index (χ2n) is 24.3. The summed E-state index contributed by atoms with van der Waals surface area (Å²) in [4.78, 5) is 14.9. The van der Waals surface area contributed by atoms with Crippen molar-refractivity contribution in [3.05, 3.63) is 0 Å². The van der Waals surface area contributed by atoms with Gasteiger partial charge in [0.2, 0.25) is 6.29 Å². The molecule has 5 saturated heterocycles. The molecule has 4 saturated carbocycles. The lowest BCUT2D eigenvalue weighted by atomic mass is 9.41. The number of aliphatic hydroxyl groups is 16. The number of rotatable bonds is 15. The summed E-state index contributed by atoms with van der Waals surface area (Å²) in [7, 11) is 0. The minimum atomic E-state index is -1.92. The molecule has 0 aromatic carbocycles. The molecule has 5 aliphatic heterocycles. The minimum Gasteiger partial charge on any atom is -0.432 e. The van der Waals surface area contributed by atoms with Crippen LogP contribution in [0.4, 0.5) is 0 Å². The van der Waals surface area contributed by atoms with Gasteiger partial charge in [-0.15, -0.1) is 0 Å². The van der Waals surface area contributed by atoms with Crippen molar-refractivity contribution in [2.24, 2.45) is 34.0 Å². The zero-order valence-electron chi connectivity index (χ0n) is 44.2. The van der Waals surface area contributed by atoms with E-state index in [1.165, 1.54) is 6.92 Å². The van der Waals surface area contributed by atoms with Crippen LogP contribution in [0.25, 0.3) is 0 Å². The van der Waals surface area contributed by atoms with Gasteiger partial charge in [0.05, 0.1) is 43.0 Å². The highest BCUT2D eigenvalue weighted by Gasteiger charge is 2.70. The molecule has 27 nitrogen and oxygen atoms in total. The van der Waals surface area contributed by atoms with Gasteiger partial charge in [-0.2, -0.15) is 0 Å². The molecular weight excluding hydrogens is 1040 g/mol. The van der Waals surface area contributed by atoms with Gasteiger partial charge in [-0.05, 0) is 100 Å². The number of carbonyl (C=O) groups is 1. The molecule has 9 rings (SSSR count). The fourth-order valence-corrected chi connectivity index (χ4v) is 15.6. The molecule has 2 bridgehead atoms. The first-order valence-corrected chi connectivity index (χ1v) is 27.6. The van der Waals surface area contributed by atoms with Crippen molar-refractivity contribution in [2.75, 3.05) is 26.4 Å². The summed E-state index contributed by atoms with van der Waals surface area (Å²) in [6.45, 7) is 4.66. The second kappa shape index (κ2) is 23.5. The minimum absolute atomic E-state index is 0.0166. The van der Waals surface area contributed by atoms with Crippen LogP contribution in [0.15, 0.2) is 0 Å². The van der Waals surface area contributed by atoms with Gasteiger partial charge in [-0.25, -0.2) is 0 Å². The smallest absolute Gasteiger partial charge is 0.314 e. The molecule has 1 spiro atoms. The summed E-state index contributed by atoms with van der Waals surface area (Å²) in [6, 6.07) is 0. The maximum absolute atomic E-state index is 14.9. The van der Waals surface area contributed by atoms with E-state index in [1.807, 2.05) is 13.8 Å². The Morgan fingerprint density at radius 2 is 1.00 bits per heavy atom. The van der Waals surface area contributed by atoms with Gasteiger partial charge in [0.1, 0.15) is 104 Å². The van der Waals surface area contributed by atoms with Gasteiger partial charge in [-0.3, -0.25) is 4.79 Å². The average molecular weight is 1130 g/mol. The highest BCUT2D eigenvalue weighted by Crippen LogP contribution is 2.74. The average Bonchev–Trinajstić information content (AvgIpc) is 3.87. The maximum Gasteiger partial charge on any atom is 0.314 e. The standard InChI is InChI=1S/C51H84O27/c1-19-14-50-11-6-25-48(3,9-5-10-49(25,4)47(68)77-45-40(35(64)30(59)23(16-54)72-45)75-44-38(67)34(63)29(58)22(15-53)71-44)26(50)7-12-51(19,18-50)78-46-41(76-42-36(65)32(61)27(56)20(2)69-42)39(31(60)24(17-55)73-46)74-43-37(66)33(62)28(57)21(70-43)8-13-52/h19-46,52-67H,5-18H2,1-4H3/t19?,20-,21+,22+,23+,24+,25-,26-,27-,28+,29+,30+,31+,32+,33-,34-,35-,36+,37+,38+,39-,40+,41+,42-,43-,44-,45-,46-,48+,49+,50+,51-/m0/s1.